The number of rotatable bonds is 6. The zero-order valence-corrected chi connectivity index (χ0v) is 17.6. The monoisotopic (exact) mass is 420 g/mol. The van der Waals surface area contributed by atoms with Crippen molar-refractivity contribution in [1.29, 1.82) is 0 Å². The quantitative estimate of drug-likeness (QED) is 0.752. The number of amides is 4. The average Bonchev–Trinajstić information content (AvgIpc) is 3.45. The second-order valence-corrected chi connectivity index (χ2v) is 8.12. The number of urea groups is 1. The number of likely N-dealkylation sites (tertiary alicyclic amines) is 2. The molecule has 2 heterocycles. The summed E-state index contributed by atoms with van der Waals surface area (Å²) >= 11 is 0. The van der Waals surface area contributed by atoms with Crippen molar-refractivity contribution in [3.05, 3.63) is 65.2 Å². The highest BCUT2D eigenvalue weighted by atomic mass is 16.2. The standard InChI is InChI=1S/C24H28N4O3/c29-22-7-4-14-28(22)17-19-6-3-5-18(15-19)16-25-24(31)26-21-10-8-20(9-11-21)23(30)27-12-1-2-13-27/h3,5-6,8-11,15H,1-2,4,7,12-14,16-17H2,(H2,25,26,31). The van der Waals surface area contributed by atoms with E-state index < -0.39 is 0 Å². The Bertz CT molecular complexity index is 952. The minimum Gasteiger partial charge on any atom is -0.339 e. The van der Waals surface area contributed by atoms with Crippen molar-refractivity contribution in [3.63, 3.8) is 0 Å². The van der Waals surface area contributed by atoms with Crippen molar-refractivity contribution < 1.29 is 14.4 Å². The lowest BCUT2D eigenvalue weighted by molar-refractivity contribution is -0.128. The number of benzene rings is 2. The first kappa shape index (κ1) is 20.9. The normalized spacial score (nSPS) is 15.9. The Balaban J connectivity index is 1.27. The van der Waals surface area contributed by atoms with Crippen molar-refractivity contribution in [3.8, 4) is 0 Å². The largest absolute Gasteiger partial charge is 0.339 e. The molecule has 0 radical (unpaired) electrons. The molecule has 31 heavy (non-hydrogen) atoms. The van der Waals surface area contributed by atoms with Gasteiger partial charge in [-0.2, -0.15) is 0 Å². The Hall–Kier alpha value is -3.35. The molecule has 2 aromatic rings. The highest BCUT2D eigenvalue weighted by molar-refractivity contribution is 5.95. The summed E-state index contributed by atoms with van der Waals surface area (Å²) in [4.78, 5) is 40.2. The van der Waals surface area contributed by atoms with Crippen molar-refractivity contribution in [2.24, 2.45) is 0 Å². The molecule has 2 aromatic carbocycles. The van der Waals surface area contributed by atoms with Crippen molar-refractivity contribution in [1.82, 2.24) is 15.1 Å². The summed E-state index contributed by atoms with van der Waals surface area (Å²) in [5.74, 6) is 0.250. The van der Waals surface area contributed by atoms with Crippen LogP contribution in [-0.2, 0) is 17.9 Å². The van der Waals surface area contributed by atoms with E-state index in [2.05, 4.69) is 10.6 Å². The van der Waals surface area contributed by atoms with Crippen LogP contribution in [0.5, 0.6) is 0 Å². The molecule has 0 aliphatic carbocycles. The van der Waals surface area contributed by atoms with Crippen LogP contribution < -0.4 is 10.6 Å². The zero-order chi connectivity index (χ0) is 21.6. The second kappa shape index (κ2) is 9.64. The van der Waals surface area contributed by atoms with Gasteiger partial charge in [0.2, 0.25) is 5.91 Å². The highest BCUT2D eigenvalue weighted by Gasteiger charge is 2.20. The summed E-state index contributed by atoms with van der Waals surface area (Å²) in [6.45, 7) is 3.44. The number of hydrogen-bond donors (Lipinski definition) is 2. The van der Waals surface area contributed by atoms with Crippen LogP contribution in [0, 0.1) is 0 Å². The van der Waals surface area contributed by atoms with E-state index in [1.807, 2.05) is 34.1 Å². The van der Waals surface area contributed by atoms with Gasteiger partial charge in [-0.05, 0) is 54.7 Å². The Morgan fingerprint density at radius 2 is 1.65 bits per heavy atom. The summed E-state index contributed by atoms with van der Waals surface area (Å²) in [6, 6.07) is 14.6. The molecule has 2 aliphatic heterocycles. The van der Waals surface area contributed by atoms with Gasteiger partial charge in [0, 0.05) is 50.4 Å². The molecule has 2 aliphatic rings. The SMILES string of the molecule is O=C(NCc1cccc(CN2CCCC2=O)c1)Nc1ccc(C(=O)N2CCCC2)cc1. The fourth-order valence-corrected chi connectivity index (χ4v) is 4.09. The first-order valence-corrected chi connectivity index (χ1v) is 10.9. The van der Waals surface area contributed by atoms with Crippen LogP contribution in [0.2, 0.25) is 0 Å². The summed E-state index contributed by atoms with van der Waals surface area (Å²) in [5.41, 5.74) is 3.32. The average molecular weight is 421 g/mol. The van der Waals surface area contributed by atoms with Crippen LogP contribution >= 0.6 is 0 Å². The van der Waals surface area contributed by atoms with Gasteiger partial charge >= 0.3 is 6.03 Å². The maximum atomic E-state index is 12.4. The van der Waals surface area contributed by atoms with Crippen LogP contribution in [-0.4, -0.2) is 47.3 Å². The van der Waals surface area contributed by atoms with Gasteiger partial charge in [-0.3, -0.25) is 9.59 Å². The van der Waals surface area contributed by atoms with Gasteiger partial charge in [-0.1, -0.05) is 24.3 Å². The molecule has 7 nitrogen and oxygen atoms in total. The maximum Gasteiger partial charge on any atom is 0.319 e. The third-order valence-corrected chi connectivity index (χ3v) is 5.77. The summed E-state index contributed by atoms with van der Waals surface area (Å²) in [6.07, 6.45) is 3.68. The number of nitrogens with zero attached hydrogens (tertiary/aromatic N) is 2. The van der Waals surface area contributed by atoms with Gasteiger partial charge in [-0.25, -0.2) is 4.79 Å². The number of nitrogens with one attached hydrogen (secondary N) is 2. The van der Waals surface area contributed by atoms with E-state index >= 15 is 0 Å². The molecular formula is C24H28N4O3. The Kier molecular flexibility index (Phi) is 6.50. The van der Waals surface area contributed by atoms with E-state index in [4.69, 9.17) is 0 Å². The molecule has 0 bridgehead atoms. The van der Waals surface area contributed by atoms with E-state index in [-0.39, 0.29) is 17.8 Å². The van der Waals surface area contributed by atoms with Gasteiger partial charge in [0.05, 0.1) is 0 Å². The van der Waals surface area contributed by atoms with Gasteiger partial charge in [0.1, 0.15) is 0 Å². The number of hydrogen-bond acceptors (Lipinski definition) is 3. The predicted octanol–water partition coefficient (Wildman–Crippen LogP) is 3.37. The van der Waals surface area contributed by atoms with Gasteiger partial charge in [0.25, 0.3) is 5.91 Å². The predicted molar refractivity (Wildman–Crippen MR) is 119 cm³/mol. The Morgan fingerprint density at radius 1 is 0.903 bits per heavy atom. The second-order valence-electron chi connectivity index (χ2n) is 8.12. The van der Waals surface area contributed by atoms with Crippen molar-refractivity contribution >= 4 is 23.5 Å². The van der Waals surface area contributed by atoms with Gasteiger partial charge in [0.15, 0.2) is 0 Å². The minimum absolute atomic E-state index is 0.0454. The van der Waals surface area contributed by atoms with Crippen LogP contribution in [0.4, 0.5) is 10.5 Å². The van der Waals surface area contributed by atoms with E-state index in [1.165, 1.54) is 0 Å². The van der Waals surface area contributed by atoms with Gasteiger partial charge < -0.3 is 20.4 Å². The smallest absolute Gasteiger partial charge is 0.319 e. The molecular weight excluding hydrogens is 392 g/mol. The van der Waals surface area contributed by atoms with Gasteiger partial charge in [-0.15, -0.1) is 0 Å². The number of carbonyl (C=O) groups is 3. The van der Waals surface area contributed by atoms with E-state index in [9.17, 15) is 14.4 Å². The number of anilines is 1. The highest BCUT2D eigenvalue weighted by Crippen LogP contribution is 2.17. The van der Waals surface area contributed by atoms with Crippen molar-refractivity contribution in [2.45, 2.75) is 38.8 Å². The molecule has 2 fully saturated rings. The van der Waals surface area contributed by atoms with Crippen LogP contribution in [0.15, 0.2) is 48.5 Å². The summed E-state index contributed by atoms with van der Waals surface area (Å²) in [5, 5.41) is 5.65. The fourth-order valence-electron chi connectivity index (χ4n) is 4.09. The molecule has 0 spiro atoms. The lowest BCUT2D eigenvalue weighted by Crippen LogP contribution is -2.29. The first-order chi connectivity index (χ1) is 15.1. The summed E-state index contributed by atoms with van der Waals surface area (Å²) in [7, 11) is 0. The third-order valence-electron chi connectivity index (χ3n) is 5.77. The van der Waals surface area contributed by atoms with Crippen molar-refractivity contribution in [2.75, 3.05) is 25.0 Å². The minimum atomic E-state index is -0.307. The molecule has 4 rings (SSSR count). The molecule has 7 heteroatoms. The van der Waals surface area contributed by atoms with E-state index in [0.29, 0.717) is 30.8 Å². The van der Waals surface area contributed by atoms with E-state index in [0.717, 1.165) is 50.0 Å². The Morgan fingerprint density at radius 3 is 2.35 bits per heavy atom. The molecule has 162 valence electrons. The topological polar surface area (TPSA) is 81.8 Å². The Labute approximate surface area is 182 Å². The van der Waals surface area contributed by atoms with Crippen LogP contribution in [0.3, 0.4) is 0 Å². The number of carbonyl (C=O) groups excluding carboxylic acids is 3. The third kappa shape index (κ3) is 5.42. The molecule has 4 amide bonds. The zero-order valence-electron chi connectivity index (χ0n) is 17.6. The van der Waals surface area contributed by atoms with E-state index in [1.54, 1.807) is 24.3 Å². The lowest BCUT2D eigenvalue weighted by atomic mass is 10.1. The summed E-state index contributed by atoms with van der Waals surface area (Å²) < 4.78 is 0. The molecule has 2 N–H and O–H groups in total. The molecule has 0 aromatic heterocycles. The molecule has 0 atom stereocenters. The molecule has 2 saturated heterocycles. The van der Waals surface area contributed by atoms with Crippen LogP contribution in [0.1, 0.15) is 47.2 Å². The molecule has 0 unspecified atom stereocenters. The first-order valence-electron chi connectivity index (χ1n) is 10.9. The fraction of sp³-hybridized carbons (Fsp3) is 0.375. The van der Waals surface area contributed by atoms with Crippen LogP contribution in [0.25, 0.3) is 0 Å². The lowest BCUT2D eigenvalue weighted by Gasteiger charge is -2.16. The maximum absolute atomic E-state index is 12.4. The molecule has 0 saturated carbocycles.